The number of nitrogens with one attached hydrogen (secondary N) is 3. The molecule has 0 aromatic carbocycles. The van der Waals surface area contributed by atoms with Gasteiger partial charge in [0.05, 0.1) is 6.04 Å². The van der Waals surface area contributed by atoms with Crippen molar-refractivity contribution < 1.29 is 9.59 Å². The first-order chi connectivity index (χ1) is 9.47. The Kier molecular flexibility index (Phi) is 11.1. The lowest BCUT2D eigenvalue weighted by Crippen LogP contribution is -2.43. The summed E-state index contributed by atoms with van der Waals surface area (Å²) >= 11 is 0. The number of hydrogen-bond acceptors (Lipinski definition) is 3. The predicted molar refractivity (Wildman–Crippen MR) is 82.5 cm³/mol. The molecule has 0 bridgehead atoms. The predicted octanol–water partition coefficient (Wildman–Crippen LogP) is 1.43. The van der Waals surface area contributed by atoms with Crippen molar-refractivity contribution in [2.24, 2.45) is 5.92 Å². The lowest BCUT2D eigenvalue weighted by Gasteiger charge is -2.14. The van der Waals surface area contributed by atoms with E-state index in [2.05, 4.69) is 36.7 Å². The Morgan fingerprint density at radius 2 is 1.70 bits per heavy atom. The fourth-order valence-electron chi connectivity index (χ4n) is 1.64. The van der Waals surface area contributed by atoms with Crippen LogP contribution in [0.2, 0.25) is 0 Å². The number of carbonyl (C=O) groups excluding carboxylic acids is 2. The van der Waals surface area contributed by atoms with Gasteiger partial charge in [0.1, 0.15) is 0 Å². The molecule has 5 heteroatoms. The average Bonchev–Trinajstić information content (AvgIpc) is 2.40. The molecule has 2 amide bonds. The minimum absolute atomic E-state index is 0.00342. The van der Waals surface area contributed by atoms with Crippen molar-refractivity contribution in [3.05, 3.63) is 0 Å². The van der Waals surface area contributed by atoms with Gasteiger partial charge in [0.2, 0.25) is 11.8 Å². The van der Waals surface area contributed by atoms with E-state index in [4.69, 9.17) is 0 Å². The Bertz CT molecular complexity index is 280. The third-order valence-corrected chi connectivity index (χ3v) is 2.98. The smallest absolute Gasteiger partial charge is 0.236 e. The third-order valence-electron chi connectivity index (χ3n) is 2.98. The minimum Gasteiger partial charge on any atom is -0.356 e. The molecule has 5 nitrogen and oxygen atoms in total. The maximum atomic E-state index is 11.7. The molecule has 0 saturated carbocycles. The third kappa shape index (κ3) is 10.8. The Labute approximate surface area is 123 Å². The number of carbonyl (C=O) groups is 2. The number of hydrogen-bond donors (Lipinski definition) is 3. The van der Waals surface area contributed by atoms with E-state index in [-0.39, 0.29) is 17.9 Å². The highest BCUT2D eigenvalue weighted by Crippen LogP contribution is 1.92. The van der Waals surface area contributed by atoms with Crippen molar-refractivity contribution in [3.63, 3.8) is 0 Å². The van der Waals surface area contributed by atoms with E-state index in [0.717, 1.165) is 25.8 Å². The van der Waals surface area contributed by atoms with E-state index in [0.29, 0.717) is 25.4 Å². The van der Waals surface area contributed by atoms with Gasteiger partial charge >= 0.3 is 0 Å². The summed E-state index contributed by atoms with van der Waals surface area (Å²) in [6.07, 6.45) is 3.71. The van der Waals surface area contributed by atoms with E-state index in [1.165, 1.54) is 0 Å². The molecule has 3 N–H and O–H groups in total. The summed E-state index contributed by atoms with van der Waals surface area (Å²) in [6.45, 7) is 10.0. The van der Waals surface area contributed by atoms with Gasteiger partial charge in [0.15, 0.2) is 0 Å². The number of unbranched alkanes of at least 4 members (excludes halogenated alkanes) is 2. The topological polar surface area (TPSA) is 70.2 Å². The second-order valence-electron chi connectivity index (χ2n) is 5.62. The molecule has 0 aromatic heterocycles. The van der Waals surface area contributed by atoms with E-state index in [9.17, 15) is 9.59 Å². The molecule has 1 unspecified atom stereocenters. The molecule has 0 rings (SSSR count). The first-order valence-electron chi connectivity index (χ1n) is 7.75. The monoisotopic (exact) mass is 285 g/mol. The molecular weight excluding hydrogens is 254 g/mol. The molecule has 0 aromatic rings. The largest absolute Gasteiger partial charge is 0.356 e. The van der Waals surface area contributed by atoms with Gasteiger partial charge in [-0.25, -0.2) is 0 Å². The van der Waals surface area contributed by atoms with Gasteiger partial charge in [-0.15, -0.1) is 0 Å². The van der Waals surface area contributed by atoms with Gasteiger partial charge in [-0.2, -0.15) is 0 Å². The average molecular weight is 285 g/mol. The summed E-state index contributed by atoms with van der Waals surface area (Å²) in [7, 11) is 0. The fourth-order valence-corrected chi connectivity index (χ4v) is 1.64. The lowest BCUT2D eigenvalue weighted by molar-refractivity contribution is -0.124. The van der Waals surface area contributed by atoms with Crippen LogP contribution in [0.15, 0.2) is 0 Å². The second kappa shape index (κ2) is 11.7. The van der Waals surface area contributed by atoms with Crippen molar-refractivity contribution in [1.82, 2.24) is 16.0 Å². The molecule has 0 radical (unpaired) electrons. The Morgan fingerprint density at radius 3 is 2.30 bits per heavy atom. The molecule has 118 valence electrons. The first-order valence-corrected chi connectivity index (χ1v) is 7.75. The van der Waals surface area contributed by atoms with Gasteiger partial charge in [-0.1, -0.05) is 33.6 Å². The summed E-state index contributed by atoms with van der Waals surface area (Å²) in [4.78, 5) is 23.2. The molecule has 0 heterocycles. The Morgan fingerprint density at radius 1 is 1.00 bits per heavy atom. The summed E-state index contributed by atoms with van der Waals surface area (Å²) in [5.74, 6) is 0.491. The van der Waals surface area contributed by atoms with Crippen LogP contribution in [0.3, 0.4) is 0 Å². The van der Waals surface area contributed by atoms with Gasteiger partial charge in [-0.05, 0) is 19.3 Å². The van der Waals surface area contributed by atoms with Gasteiger partial charge < -0.3 is 16.0 Å². The molecule has 0 spiro atoms. The highest BCUT2D eigenvalue weighted by atomic mass is 16.2. The standard InChI is InChI=1S/C15H31N3O2/c1-5-6-7-9-17-15(20)13(4)16-10-8-14(19)18-11-12(2)3/h12-13,16H,5-11H2,1-4H3,(H,17,20)(H,18,19). The maximum Gasteiger partial charge on any atom is 0.236 e. The van der Waals surface area contributed by atoms with E-state index in [1.54, 1.807) is 0 Å². The Hall–Kier alpha value is -1.10. The molecule has 0 aliphatic carbocycles. The highest BCUT2D eigenvalue weighted by molar-refractivity contribution is 5.81. The first kappa shape index (κ1) is 18.9. The van der Waals surface area contributed by atoms with E-state index < -0.39 is 0 Å². The molecular formula is C15H31N3O2. The van der Waals surface area contributed by atoms with Crippen LogP contribution in [0.1, 0.15) is 53.4 Å². The van der Waals surface area contributed by atoms with Crippen molar-refractivity contribution in [1.29, 1.82) is 0 Å². The maximum absolute atomic E-state index is 11.7. The van der Waals surface area contributed by atoms with Gasteiger partial charge in [0, 0.05) is 26.1 Å². The van der Waals surface area contributed by atoms with Crippen molar-refractivity contribution in [2.45, 2.75) is 59.4 Å². The van der Waals surface area contributed by atoms with E-state index in [1.807, 2.05) is 6.92 Å². The fraction of sp³-hybridized carbons (Fsp3) is 0.867. The summed E-state index contributed by atoms with van der Waals surface area (Å²) in [6, 6.07) is -0.255. The quantitative estimate of drug-likeness (QED) is 0.503. The molecule has 0 aliphatic rings. The zero-order chi connectivity index (χ0) is 15.4. The summed E-state index contributed by atoms with van der Waals surface area (Å²) < 4.78 is 0. The molecule has 0 aliphatic heterocycles. The van der Waals surface area contributed by atoms with Crippen molar-refractivity contribution in [3.8, 4) is 0 Å². The molecule has 1 atom stereocenters. The highest BCUT2D eigenvalue weighted by Gasteiger charge is 2.11. The van der Waals surface area contributed by atoms with Crippen LogP contribution in [0.4, 0.5) is 0 Å². The van der Waals surface area contributed by atoms with Gasteiger partial charge in [0.25, 0.3) is 0 Å². The minimum atomic E-state index is -0.255. The van der Waals surface area contributed by atoms with Crippen LogP contribution in [-0.2, 0) is 9.59 Å². The van der Waals surface area contributed by atoms with Crippen LogP contribution in [0, 0.1) is 5.92 Å². The van der Waals surface area contributed by atoms with Crippen LogP contribution in [-0.4, -0.2) is 37.5 Å². The lowest BCUT2D eigenvalue weighted by atomic mass is 10.2. The van der Waals surface area contributed by atoms with E-state index >= 15 is 0 Å². The normalized spacial score (nSPS) is 12.2. The van der Waals surface area contributed by atoms with Crippen molar-refractivity contribution in [2.75, 3.05) is 19.6 Å². The second-order valence-corrected chi connectivity index (χ2v) is 5.62. The molecule has 20 heavy (non-hydrogen) atoms. The van der Waals surface area contributed by atoms with Gasteiger partial charge in [-0.3, -0.25) is 9.59 Å². The van der Waals surface area contributed by atoms with Crippen molar-refractivity contribution >= 4 is 11.8 Å². The molecule has 0 fully saturated rings. The SMILES string of the molecule is CCCCCNC(=O)C(C)NCCC(=O)NCC(C)C. The van der Waals surface area contributed by atoms with Crippen LogP contribution >= 0.6 is 0 Å². The van der Waals surface area contributed by atoms with Crippen LogP contribution < -0.4 is 16.0 Å². The summed E-state index contributed by atoms with van der Waals surface area (Å²) in [5, 5.41) is 8.82. The zero-order valence-electron chi connectivity index (χ0n) is 13.4. The number of amides is 2. The zero-order valence-corrected chi connectivity index (χ0v) is 13.4. The number of rotatable bonds is 11. The molecule has 0 saturated heterocycles. The Balaban J connectivity index is 3.63. The van der Waals surface area contributed by atoms with Crippen LogP contribution in [0.25, 0.3) is 0 Å². The van der Waals surface area contributed by atoms with Crippen LogP contribution in [0.5, 0.6) is 0 Å². The summed E-state index contributed by atoms with van der Waals surface area (Å²) in [5.41, 5.74) is 0.